The third kappa shape index (κ3) is 2.82. The van der Waals surface area contributed by atoms with Gasteiger partial charge in [0, 0.05) is 13.1 Å². The molecule has 88 valence electrons. The minimum atomic E-state index is 0.801. The SMILES string of the molecule is Cc1cc(C)c(PN2CCOCC2)c(C)c1. The zero-order valence-corrected chi connectivity index (χ0v) is 11.3. The first-order valence-corrected chi connectivity index (χ1v) is 6.79. The maximum absolute atomic E-state index is 5.38. The summed E-state index contributed by atoms with van der Waals surface area (Å²) in [6.45, 7) is 10.5. The van der Waals surface area contributed by atoms with Crippen molar-refractivity contribution >= 4 is 14.0 Å². The minimum absolute atomic E-state index is 0.801. The summed E-state index contributed by atoms with van der Waals surface area (Å²) in [5.41, 5.74) is 4.23. The zero-order chi connectivity index (χ0) is 11.5. The van der Waals surface area contributed by atoms with E-state index in [1.165, 1.54) is 22.0 Å². The van der Waals surface area contributed by atoms with Crippen molar-refractivity contribution in [3.8, 4) is 0 Å². The first kappa shape index (κ1) is 12.0. The molecule has 0 bridgehead atoms. The predicted octanol–water partition coefficient (Wildman–Crippen LogP) is 2.16. The summed E-state index contributed by atoms with van der Waals surface area (Å²) >= 11 is 0. The van der Waals surface area contributed by atoms with Gasteiger partial charge in [0.2, 0.25) is 0 Å². The molecule has 0 radical (unpaired) electrons. The lowest BCUT2D eigenvalue weighted by molar-refractivity contribution is 0.0763. The van der Waals surface area contributed by atoms with Crippen LogP contribution in [0.5, 0.6) is 0 Å². The second-order valence-corrected chi connectivity index (χ2v) is 5.84. The lowest BCUT2D eigenvalue weighted by Gasteiger charge is -2.27. The number of benzene rings is 1. The second-order valence-electron chi connectivity index (χ2n) is 4.48. The number of aryl methyl sites for hydroxylation is 3. The molecule has 2 rings (SSSR count). The van der Waals surface area contributed by atoms with Gasteiger partial charge in [-0.15, -0.1) is 0 Å². The molecule has 0 aromatic heterocycles. The Morgan fingerprint density at radius 3 is 2.19 bits per heavy atom. The van der Waals surface area contributed by atoms with E-state index < -0.39 is 0 Å². The van der Waals surface area contributed by atoms with Gasteiger partial charge in [-0.3, -0.25) is 4.67 Å². The second kappa shape index (κ2) is 5.27. The average molecular weight is 237 g/mol. The van der Waals surface area contributed by atoms with Crippen molar-refractivity contribution in [2.24, 2.45) is 0 Å². The van der Waals surface area contributed by atoms with Crippen LogP contribution >= 0.6 is 8.73 Å². The highest BCUT2D eigenvalue weighted by Crippen LogP contribution is 2.23. The Kier molecular flexibility index (Phi) is 3.96. The number of rotatable bonds is 2. The van der Waals surface area contributed by atoms with Gasteiger partial charge < -0.3 is 4.74 Å². The number of ether oxygens (including phenoxy) is 1. The summed E-state index contributed by atoms with van der Waals surface area (Å²) in [6, 6.07) is 4.57. The summed E-state index contributed by atoms with van der Waals surface area (Å²) in [5.74, 6) is 0. The largest absolute Gasteiger partial charge is 0.379 e. The van der Waals surface area contributed by atoms with Crippen molar-refractivity contribution in [1.29, 1.82) is 0 Å². The number of nitrogens with zero attached hydrogens (tertiary/aromatic N) is 1. The summed E-state index contributed by atoms with van der Waals surface area (Å²) in [5, 5.41) is 1.52. The Bertz CT molecular complexity index is 349. The highest BCUT2D eigenvalue weighted by atomic mass is 31.1. The summed E-state index contributed by atoms with van der Waals surface area (Å²) in [7, 11) is 0.801. The molecule has 1 saturated heterocycles. The van der Waals surface area contributed by atoms with E-state index in [4.69, 9.17) is 4.74 Å². The van der Waals surface area contributed by atoms with Crippen molar-refractivity contribution in [2.45, 2.75) is 20.8 Å². The van der Waals surface area contributed by atoms with Gasteiger partial charge >= 0.3 is 0 Å². The normalized spacial score (nSPS) is 18.4. The fraction of sp³-hybridized carbons (Fsp3) is 0.538. The van der Waals surface area contributed by atoms with Crippen LogP contribution in [0.4, 0.5) is 0 Å². The smallest absolute Gasteiger partial charge is 0.0597 e. The minimum Gasteiger partial charge on any atom is -0.379 e. The molecule has 1 unspecified atom stereocenters. The van der Waals surface area contributed by atoms with Gasteiger partial charge in [-0.2, -0.15) is 0 Å². The van der Waals surface area contributed by atoms with Gasteiger partial charge in [0.15, 0.2) is 0 Å². The van der Waals surface area contributed by atoms with Crippen LogP contribution in [0.15, 0.2) is 12.1 Å². The Morgan fingerprint density at radius 2 is 1.62 bits per heavy atom. The van der Waals surface area contributed by atoms with Gasteiger partial charge in [0.05, 0.1) is 13.2 Å². The van der Waals surface area contributed by atoms with Gasteiger partial charge in [-0.25, -0.2) is 0 Å². The molecular weight excluding hydrogens is 217 g/mol. The highest BCUT2D eigenvalue weighted by Gasteiger charge is 2.13. The molecule has 1 atom stereocenters. The summed E-state index contributed by atoms with van der Waals surface area (Å²) in [4.78, 5) is 0. The Labute approximate surface area is 99.8 Å². The molecule has 3 heteroatoms. The first-order valence-electron chi connectivity index (χ1n) is 5.84. The molecule has 0 amide bonds. The van der Waals surface area contributed by atoms with Gasteiger partial charge in [0.1, 0.15) is 0 Å². The maximum Gasteiger partial charge on any atom is 0.0597 e. The van der Waals surface area contributed by atoms with E-state index in [1.807, 2.05) is 0 Å². The molecule has 1 heterocycles. The molecular formula is C13H20NOP. The molecule has 1 aromatic carbocycles. The molecule has 1 aromatic rings. The standard InChI is InChI=1S/C13H20NOP/c1-10-8-11(2)13(12(3)9-10)16-14-4-6-15-7-5-14/h8-9,16H,4-7H2,1-3H3. The van der Waals surface area contributed by atoms with E-state index in [1.54, 1.807) is 0 Å². The van der Waals surface area contributed by atoms with Crippen LogP contribution in [0.1, 0.15) is 16.7 Å². The molecule has 1 aliphatic heterocycles. The van der Waals surface area contributed by atoms with E-state index in [9.17, 15) is 0 Å². The van der Waals surface area contributed by atoms with Gasteiger partial charge in [-0.05, 0) is 45.9 Å². The van der Waals surface area contributed by atoms with E-state index in [0.717, 1.165) is 35.0 Å². The van der Waals surface area contributed by atoms with Crippen molar-refractivity contribution in [3.05, 3.63) is 28.8 Å². The van der Waals surface area contributed by atoms with Crippen LogP contribution in [0.3, 0.4) is 0 Å². The van der Waals surface area contributed by atoms with Crippen LogP contribution in [0.2, 0.25) is 0 Å². The Hall–Kier alpha value is -0.430. The number of hydrogen-bond acceptors (Lipinski definition) is 2. The molecule has 0 saturated carbocycles. The molecule has 0 N–H and O–H groups in total. The molecule has 0 spiro atoms. The zero-order valence-electron chi connectivity index (χ0n) is 10.3. The molecule has 1 fully saturated rings. The van der Waals surface area contributed by atoms with Gasteiger partial charge in [0.25, 0.3) is 0 Å². The highest BCUT2D eigenvalue weighted by molar-refractivity contribution is 7.45. The van der Waals surface area contributed by atoms with Crippen LogP contribution in [-0.4, -0.2) is 31.0 Å². The summed E-state index contributed by atoms with van der Waals surface area (Å²) < 4.78 is 7.89. The first-order chi connectivity index (χ1) is 7.66. The number of morpholine rings is 1. The quantitative estimate of drug-likeness (QED) is 0.731. The number of hydrogen-bond donors (Lipinski definition) is 0. The fourth-order valence-electron chi connectivity index (χ4n) is 2.19. The van der Waals surface area contributed by atoms with Crippen LogP contribution in [0, 0.1) is 20.8 Å². The van der Waals surface area contributed by atoms with E-state index in [2.05, 4.69) is 37.6 Å². The van der Waals surface area contributed by atoms with Crippen molar-refractivity contribution < 1.29 is 4.74 Å². The molecule has 16 heavy (non-hydrogen) atoms. The van der Waals surface area contributed by atoms with Crippen molar-refractivity contribution in [1.82, 2.24) is 4.67 Å². The maximum atomic E-state index is 5.38. The molecule has 1 aliphatic rings. The lowest BCUT2D eigenvalue weighted by atomic mass is 10.1. The predicted molar refractivity (Wildman–Crippen MR) is 71.0 cm³/mol. The Balaban J connectivity index is 2.14. The molecule has 2 nitrogen and oxygen atoms in total. The van der Waals surface area contributed by atoms with E-state index >= 15 is 0 Å². The van der Waals surface area contributed by atoms with Crippen LogP contribution in [0.25, 0.3) is 0 Å². The third-order valence-electron chi connectivity index (χ3n) is 2.96. The van der Waals surface area contributed by atoms with Gasteiger partial charge in [-0.1, -0.05) is 17.7 Å². The van der Waals surface area contributed by atoms with Crippen LogP contribution < -0.4 is 5.30 Å². The monoisotopic (exact) mass is 237 g/mol. The topological polar surface area (TPSA) is 12.5 Å². The average Bonchev–Trinajstić information content (AvgIpc) is 2.25. The van der Waals surface area contributed by atoms with E-state index in [-0.39, 0.29) is 0 Å². The fourth-order valence-corrected chi connectivity index (χ4v) is 3.41. The van der Waals surface area contributed by atoms with Crippen molar-refractivity contribution in [3.63, 3.8) is 0 Å². The third-order valence-corrected chi connectivity index (χ3v) is 4.73. The summed E-state index contributed by atoms with van der Waals surface area (Å²) in [6.07, 6.45) is 0. The van der Waals surface area contributed by atoms with E-state index in [0.29, 0.717) is 0 Å². The molecule has 0 aliphatic carbocycles. The Morgan fingerprint density at radius 1 is 1.06 bits per heavy atom. The van der Waals surface area contributed by atoms with Crippen molar-refractivity contribution in [2.75, 3.05) is 26.3 Å². The lowest BCUT2D eigenvalue weighted by Crippen LogP contribution is -2.32. The van der Waals surface area contributed by atoms with Crippen LogP contribution in [-0.2, 0) is 4.74 Å².